The van der Waals surface area contributed by atoms with Crippen LogP contribution in [0.25, 0.3) is 0 Å². The second kappa shape index (κ2) is 5.48. The van der Waals surface area contributed by atoms with Gasteiger partial charge in [-0.15, -0.1) is 0 Å². The second-order valence-corrected chi connectivity index (χ2v) is 5.66. The molecule has 0 aliphatic heterocycles. The Kier molecular flexibility index (Phi) is 4.53. The van der Waals surface area contributed by atoms with Crippen molar-refractivity contribution in [1.29, 1.82) is 0 Å². The van der Waals surface area contributed by atoms with Crippen molar-refractivity contribution in [1.82, 2.24) is 14.7 Å². The fraction of sp³-hybridized carbons (Fsp3) is 0.636. The Balaban J connectivity index is 2.67. The lowest BCUT2D eigenvalue weighted by Gasteiger charge is -2.17. The number of hydrogen-bond donors (Lipinski definition) is 0. The monoisotopic (exact) mass is 287 g/mol. The molecule has 0 spiro atoms. The molecule has 0 saturated carbocycles. The molecule has 0 aromatic carbocycles. The Morgan fingerprint density at radius 2 is 2.31 bits per heavy atom. The van der Waals surface area contributed by atoms with E-state index in [1.807, 2.05) is 21.0 Å². The Morgan fingerprint density at radius 1 is 1.69 bits per heavy atom. The van der Waals surface area contributed by atoms with Gasteiger partial charge in [-0.2, -0.15) is 5.10 Å². The molecule has 16 heavy (non-hydrogen) atoms. The first kappa shape index (κ1) is 13.2. The van der Waals surface area contributed by atoms with Crippen molar-refractivity contribution >= 4 is 21.8 Å². The van der Waals surface area contributed by atoms with Gasteiger partial charge in [-0.1, -0.05) is 22.9 Å². The van der Waals surface area contributed by atoms with E-state index in [1.54, 1.807) is 15.8 Å². The van der Waals surface area contributed by atoms with Crippen molar-refractivity contribution in [2.45, 2.75) is 25.1 Å². The van der Waals surface area contributed by atoms with E-state index in [-0.39, 0.29) is 5.91 Å². The van der Waals surface area contributed by atoms with E-state index in [9.17, 15) is 4.79 Å². The minimum absolute atomic E-state index is 0.0405. The third kappa shape index (κ3) is 3.33. The van der Waals surface area contributed by atoms with Crippen LogP contribution in [0.4, 0.5) is 0 Å². The number of aromatic nitrogens is 2. The van der Waals surface area contributed by atoms with Gasteiger partial charge in [-0.05, 0) is 13.3 Å². The lowest BCUT2D eigenvalue weighted by molar-refractivity contribution is 0.0793. The molecule has 90 valence electrons. The van der Waals surface area contributed by atoms with Gasteiger partial charge in [0.15, 0.2) is 0 Å². The SMILES string of the molecule is Cc1nn(C)cc1C(=O)N(C)CCC(C)Br. The van der Waals surface area contributed by atoms with Crippen LogP contribution in [0.15, 0.2) is 6.20 Å². The Bertz CT molecular complexity index is 373. The van der Waals surface area contributed by atoms with Gasteiger partial charge < -0.3 is 4.90 Å². The molecule has 1 atom stereocenters. The van der Waals surface area contributed by atoms with Crippen LogP contribution < -0.4 is 0 Å². The van der Waals surface area contributed by atoms with Crippen molar-refractivity contribution in [3.8, 4) is 0 Å². The summed E-state index contributed by atoms with van der Waals surface area (Å²) in [7, 11) is 3.65. The summed E-state index contributed by atoms with van der Waals surface area (Å²) in [5, 5.41) is 4.17. The molecule has 0 fully saturated rings. The van der Waals surface area contributed by atoms with Gasteiger partial charge in [0.2, 0.25) is 0 Å². The summed E-state index contributed by atoms with van der Waals surface area (Å²) in [4.78, 5) is 14.2. The molecule has 5 heteroatoms. The Morgan fingerprint density at radius 3 is 2.75 bits per heavy atom. The van der Waals surface area contributed by atoms with Crippen LogP contribution in [0.1, 0.15) is 29.4 Å². The number of amides is 1. The van der Waals surface area contributed by atoms with E-state index in [1.165, 1.54) is 0 Å². The number of carbonyl (C=O) groups is 1. The standard InChI is InChI=1S/C11H18BrN3O/c1-8(12)5-6-14(3)11(16)10-7-15(4)13-9(10)2/h7-8H,5-6H2,1-4H3. The average Bonchev–Trinajstić information content (AvgIpc) is 2.53. The van der Waals surface area contributed by atoms with Gasteiger partial charge in [-0.25, -0.2) is 0 Å². The predicted molar refractivity (Wildman–Crippen MR) is 67.9 cm³/mol. The van der Waals surface area contributed by atoms with Gasteiger partial charge in [0.25, 0.3) is 5.91 Å². The molecule has 1 rings (SSSR count). The summed E-state index contributed by atoms with van der Waals surface area (Å²) in [6.07, 6.45) is 2.72. The van der Waals surface area contributed by atoms with Crippen LogP contribution in [0, 0.1) is 6.92 Å². The van der Waals surface area contributed by atoms with Gasteiger partial charge in [0.1, 0.15) is 0 Å². The molecule has 0 saturated heterocycles. The second-order valence-electron chi connectivity index (χ2n) is 4.10. The zero-order valence-electron chi connectivity index (χ0n) is 10.2. The number of halogens is 1. The number of nitrogens with zero attached hydrogens (tertiary/aromatic N) is 3. The van der Waals surface area contributed by atoms with Crippen LogP contribution in [0.5, 0.6) is 0 Å². The molecular weight excluding hydrogens is 270 g/mol. The highest BCUT2D eigenvalue weighted by molar-refractivity contribution is 9.09. The normalized spacial score (nSPS) is 12.6. The van der Waals surface area contributed by atoms with Gasteiger partial charge in [-0.3, -0.25) is 9.48 Å². The maximum atomic E-state index is 12.0. The molecule has 0 aliphatic rings. The number of hydrogen-bond acceptors (Lipinski definition) is 2. The first-order valence-electron chi connectivity index (χ1n) is 5.31. The maximum Gasteiger partial charge on any atom is 0.257 e. The fourth-order valence-electron chi connectivity index (χ4n) is 1.49. The summed E-state index contributed by atoms with van der Waals surface area (Å²) in [6, 6.07) is 0. The van der Waals surface area contributed by atoms with Crippen molar-refractivity contribution in [2.75, 3.05) is 13.6 Å². The van der Waals surface area contributed by atoms with E-state index in [0.29, 0.717) is 10.4 Å². The summed E-state index contributed by atoms with van der Waals surface area (Å²) >= 11 is 3.47. The molecule has 4 nitrogen and oxygen atoms in total. The fourth-order valence-corrected chi connectivity index (χ4v) is 1.69. The molecule has 0 bridgehead atoms. The first-order valence-corrected chi connectivity index (χ1v) is 6.23. The van der Waals surface area contributed by atoms with E-state index in [4.69, 9.17) is 0 Å². The molecule has 1 aromatic heterocycles. The zero-order valence-corrected chi connectivity index (χ0v) is 11.8. The topological polar surface area (TPSA) is 38.1 Å². The highest BCUT2D eigenvalue weighted by atomic mass is 79.9. The van der Waals surface area contributed by atoms with Crippen molar-refractivity contribution in [3.63, 3.8) is 0 Å². The van der Waals surface area contributed by atoms with E-state index < -0.39 is 0 Å². The van der Waals surface area contributed by atoms with E-state index in [2.05, 4.69) is 28.0 Å². The lowest BCUT2D eigenvalue weighted by Crippen LogP contribution is -2.29. The zero-order chi connectivity index (χ0) is 12.3. The summed E-state index contributed by atoms with van der Waals surface area (Å²) in [5.74, 6) is 0.0405. The van der Waals surface area contributed by atoms with Crippen LogP contribution in [0.2, 0.25) is 0 Å². The summed E-state index contributed by atoms with van der Waals surface area (Å²) in [6.45, 7) is 4.68. The highest BCUT2D eigenvalue weighted by Crippen LogP contribution is 2.10. The number of rotatable bonds is 4. The molecule has 1 aromatic rings. The predicted octanol–water partition coefficient (Wildman–Crippen LogP) is 1.97. The van der Waals surface area contributed by atoms with Gasteiger partial charge in [0, 0.05) is 31.7 Å². The average molecular weight is 288 g/mol. The first-order chi connectivity index (χ1) is 7.41. The highest BCUT2D eigenvalue weighted by Gasteiger charge is 2.16. The Labute approximate surface area is 105 Å². The minimum Gasteiger partial charge on any atom is -0.342 e. The smallest absolute Gasteiger partial charge is 0.257 e. The maximum absolute atomic E-state index is 12.0. The van der Waals surface area contributed by atoms with Gasteiger partial charge >= 0.3 is 0 Å². The van der Waals surface area contributed by atoms with Crippen LogP contribution in [0.3, 0.4) is 0 Å². The quantitative estimate of drug-likeness (QED) is 0.795. The molecule has 1 heterocycles. The molecule has 0 N–H and O–H groups in total. The Hall–Kier alpha value is -0.840. The van der Waals surface area contributed by atoms with Crippen molar-refractivity contribution in [2.24, 2.45) is 7.05 Å². The van der Waals surface area contributed by atoms with E-state index >= 15 is 0 Å². The third-order valence-corrected chi connectivity index (χ3v) is 2.91. The summed E-state index contributed by atoms with van der Waals surface area (Å²) < 4.78 is 1.67. The van der Waals surface area contributed by atoms with Crippen molar-refractivity contribution in [3.05, 3.63) is 17.5 Å². The van der Waals surface area contributed by atoms with Crippen molar-refractivity contribution < 1.29 is 4.79 Å². The molecule has 0 aliphatic carbocycles. The minimum atomic E-state index is 0.0405. The lowest BCUT2D eigenvalue weighted by atomic mass is 10.2. The summed E-state index contributed by atoms with van der Waals surface area (Å²) in [5.41, 5.74) is 1.47. The van der Waals surface area contributed by atoms with Crippen LogP contribution >= 0.6 is 15.9 Å². The van der Waals surface area contributed by atoms with Crippen LogP contribution in [-0.2, 0) is 7.05 Å². The van der Waals surface area contributed by atoms with Crippen LogP contribution in [-0.4, -0.2) is 39.0 Å². The third-order valence-electron chi connectivity index (χ3n) is 2.45. The molecular formula is C11H18BrN3O. The number of aryl methyl sites for hydroxylation is 2. The van der Waals surface area contributed by atoms with E-state index in [0.717, 1.165) is 18.7 Å². The molecule has 0 radical (unpaired) electrons. The number of carbonyl (C=O) groups excluding carboxylic acids is 1. The number of alkyl halides is 1. The largest absolute Gasteiger partial charge is 0.342 e. The van der Waals surface area contributed by atoms with Gasteiger partial charge in [0.05, 0.1) is 11.3 Å². The molecule has 1 unspecified atom stereocenters. The molecule has 1 amide bonds.